The van der Waals surface area contributed by atoms with Crippen LogP contribution in [0.25, 0.3) is 0 Å². The lowest BCUT2D eigenvalue weighted by Gasteiger charge is -2.07. The van der Waals surface area contributed by atoms with Gasteiger partial charge in [0, 0.05) is 45.7 Å². The van der Waals surface area contributed by atoms with Crippen molar-refractivity contribution in [3.63, 3.8) is 0 Å². The van der Waals surface area contributed by atoms with E-state index in [0.29, 0.717) is 19.5 Å². The molecule has 5 heteroatoms. The number of carbonyl (C=O) groups is 1. The third-order valence-corrected chi connectivity index (χ3v) is 4.78. The van der Waals surface area contributed by atoms with Crippen LogP contribution < -0.4 is 21.7 Å². The van der Waals surface area contributed by atoms with E-state index in [1.54, 1.807) is 0 Å². The molecule has 0 aromatic rings. The zero-order chi connectivity index (χ0) is 21.3. The Morgan fingerprint density at radius 1 is 0.724 bits per heavy atom. The normalized spacial score (nSPS) is 11.7. The maximum Gasteiger partial charge on any atom is 0.220 e. The van der Waals surface area contributed by atoms with Gasteiger partial charge in [0.2, 0.25) is 5.91 Å². The highest BCUT2D eigenvalue weighted by molar-refractivity contribution is 5.75. The van der Waals surface area contributed by atoms with E-state index in [1.165, 1.54) is 51.4 Å². The molecule has 0 aliphatic carbocycles. The van der Waals surface area contributed by atoms with Crippen molar-refractivity contribution in [2.24, 2.45) is 5.73 Å². The Hall–Kier alpha value is -1.17. The van der Waals surface area contributed by atoms with Crippen molar-refractivity contribution in [3.05, 3.63) is 24.3 Å². The molecule has 5 N–H and O–H groups in total. The molecule has 0 aromatic heterocycles. The van der Waals surface area contributed by atoms with Crippen molar-refractivity contribution >= 4 is 5.91 Å². The Balaban J connectivity index is 3.25. The van der Waals surface area contributed by atoms with E-state index in [1.807, 2.05) is 0 Å². The number of rotatable bonds is 22. The molecule has 0 heterocycles. The Labute approximate surface area is 180 Å². The largest absolute Gasteiger partial charge is 0.355 e. The van der Waals surface area contributed by atoms with Gasteiger partial charge in [-0.1, -0.05) is 63.3 Å². The summed E-state index contributed by atoms with van der Waals surface area (Å²) in [5, 5.41) is 9.50. The molecule has 0 spiro atoms. The smallest absolute Gasteiger partial charge is 0.220 e. The monoisotopic (exact) mass is 408 g/mol. The van der Waals surface area contributed by atoms with E-state index >= 15 is 0 Å². The number of carbonyl (C=O) groups excluding carboxylic acids is 1. The van der Waals surface area contributed by atoms with Gasteiger partial charge in [0.25, 0.3) is 0 Å². The molecule has 0 saturated heterocycles. The predicted octanol–water partition coefficient (Wildman–Crippen LogP) is 4.05. The predicted molar refractivity (Wildman–Crippen MR) is 127 cm³/mol. The number of hydrogen-bond donors (Lipinski definition) is 4. The Morgan fingerprint density at radius 3 is 2.00 bits per heavy atom. The Morgan fingerprint density at radius 2 is 1.31 bits per heavy atom. The van der Waals surface area contributed by atoms with Crippen molar-refractivity contribution in [3.8, 4) is 0 Å². The van der Waals surface area contributed by atoms with Crippen LogP contribution in [0.4, 0.5) is 0 Å². The highest BCUT2D eigenvalue weighted by Crippen LogP contribution is 2.08. The lowest BCUT2D eigenvalue weighted by molar-refractivity contribution is -0.121. The SMILES string of the molecule is CCCCC/C=C/C/C=C/CCCCCCCC(=O)NCCNCCNCCN. The summed E-state index contributed by atoms with van der Waals surface area (Å²) >= 11 is 0. The summed E-state index contributed by atoms with van der Waals surface area (Å²) in [6.45, 7) is 7.11. The van der Waals surface area contributed by atoms with E-state index in [0.717, 1.165) is 45.4 Å². The van der Waals surface area contributed by atoms with Crippen LogP contribution in [0.3, 0.4) is 0 Å². The van der Waals surface area contributed by atoms with Gasteiger partial charge in [-0.2, -0.15) is 0 Å². The van der Waals surface area contributed by atoms with Gasteiger partial charge in [-0.15, -0.1) is 0 Å². The van der Waals surface area contributed by atoms with E-state index in [-0.39, 0.29) is 5.91 Å². The summed E-state index contributed by atoms with van der Waals surface area (Å²) in [6.07, 6.45) is 23.2. The molecule has 0 fully saturated rings. The molecule has 0 aliphatic heterocycles. The second-order valence-electron chi connectivity index (χ2n) is 7.62. The number of amides is 1. The number of unbranched alkanes of at least 4 members (excludes halogenated alkanes) is 8. The molecule has 0 aliphatic rings. The number of hydrogen-bond acceptors (Lipinski definition) is 4. The first kappa shape index (κ1) is 27.8. The van der Waals surface area contributed by atoms with E-state index in [9.17, 15) is 4.79 Å². The minimum absolute atomic E-state index is 0.179. The van der Waals surface area contributed by atoms with Crippen LogP contribution in [0.5, 0.6) is 0 Å². The molecular formula is C24H48N4O. The fraction of sp³-hybridized carbons (Fsp3) is 0.792. The summed E-state index contributed by atoms with van der Waals surface area (Å²) in [7, 11) is 0. The van der Waals surface area contributed by atoms with Gasteiger partial charge in [0.15, 0.2) is 0 Å². The standard InChI is InChI=1S/C24H48N4O/c1-2-3-4-5-6-7-8-9-10-11-12-13-14-15-16-17-24(29)28-23-22-27-21-20-26-19-18-25/h6-7,9-10,26-27H,2-5,8,11-23,25H2,1H3,(H,28,29)/b7-6+,10-9+. The maximum absolute atomic E-state index is 11.8. The Kier molecular flexibility index (Phi) is 23.9. The van der Waals surface area contributed by atoms with Gasteiger partial charge >= 0.3 is 0 Å². The molecule has 0 aromatic carbocycles. The van der Waals surface area contributed by atoms with Crippen LogP contribution >= 0.6 is 0 Å². The van der Waals surface area contributed by atoms with Crippen LogP contribution in [-0.2, 0) is 4.79 Å². The first-order chi connectivity index (χ1) is 14.3. The van der Waals surface area contributed by atoms with Crippen molar-refractivity contribution in [1.82, 2.24) is 16.0 Å². The number of nitrogens with two attached hydrogens (primary N) is 1. The highest BCUT2D eigenvalue weighted by atomic mass is 16.1. The molecule has 0 saturated carbocycles. The van der Waals surface area contributed by atoms with Gasteiger partial charge in [-0.3, -0.25) is 4.79 Å². The van der Waals surface area contributed by atoms with Crippen LogP contribution in [0.1, 0.15) is 84.0 Å². The van der Waals surface area contributed by atoms with Gasteiger partial charge in [-0.05, 0) is 38.5 Å². The lowest BCUT2D eigenvalue weighted by atomic mass is 10.1. The molecule has 0 bridgehead atoms. The minimum Gasteiger partial charge on any atom is -0.355 e. The third-order valence-electron chi connectivity index (χ3n) is 4.78. The summed E-state index contributed by atoms with van der Waals surface area (Å²) in [5.41, 5.74) is 5.40. The fourth-order valence-corrected chi connectivity index (χ4v) is 3.00. The van der Waals surface area contributed by atoms with Crippen LogP contribution in [0.2, 0.25) is 0 Å². The summed E-state index contributed by atoms with van der Waals surface area (Å²) in [5.74, 6) is 0.179. The van der Waals surface area contributed by atoms with Gasteiger partial charge in [0.05, 0.1) is 0 Å². The second kappa shape index (κ2) is 24.9. The van der Waals surface area contributed by atoms with Crippen molar-refractivity contribution in [2.45, 2.75) is 84.0 Å². The number of nitrogens with one attached hydrogen (secondary N) is 3. The van der Waals surface area contributed by atoms with Crippen LogP contribution in [0, 0.1) is 0 Å². The molecule has 1 amide bonds. The van der Waals surface area contributed by atoms with Crippen LogP contribution in [0.15, 0.2) is 24.3 Å². The summed E-state index contributed by atoms with van der Waals surface area (Å²) in [4.78, 5) is 11.8. The summed E-state index contributed by atoms with van der Waals surface area (Å²) in [6, 6.07) is 0. The molecule has 0 unspecified atom stereocenters. The van der Waals surface area contributed by atoms with E-state index < -0.39 is 0 Å². The third kappa shape index (κ3) is 24.8. The first-order valence-electron chi connectivity index (χ1n) is 12.0. The van der Waals surface area contributed by atoms with Crippen molar-refractivity contribution in [1.29, 1.82) is 0 Å². The average molecular weight is 409 g/mol. The Bertz CT molecular complexity index is 396. The van der Waals surface area contributed by atoms with Crippen molar-refractivity contribution in [2.75, 3.05) is 39.3 Å². The molecule has 170 valence electrons. The average Bonchev–Trinajstić information content (AvgIpc) is 2.72. The second-order valence-corrected chi connectivity index (χ2v) is 7.62. The quantitative estimate of drug-likeness (QED) is 0.161. The number of allylic oxidation sites excluding steroid dienone is 4. The van der Waals surface area contributed by atoms with Gasteiger partial charge in [-0.25, -0.2) is 0 Å². The summed E-state index contributed by atoms with van der Waals surface area (Å²) < 4.78 is 0. The van der Waals surface area contributed by atoms with E-state index in [2.05, 4.69) is 47.2 Å². The topological polar surface area (TPSA) is 79.2 Å². The van der Waals surface area contributed by atoms with Crippen LogP contribution in [-0.4, -0.2) is 45.2 Å². The van der Waals surface area contributed by atoms with Crippen molar-refractivity contribution < 1.29 is 4.79 Å². The minimum atomic E-state index is 0.179. The van der Waals surface area contributed by atoms with Gasteiger partial charge in [0.1, 0.15) is 0 Å². The van der Waals surface area contributed by atoms with Gasteiger partial charge < -0.3 is 21.7 Å². The molecule has 0 rings (SSSR count). The highest BCUT2D eigenvalue weighted by Gasteiger charge is 2.00. The molecule has 29 heavy (non-hydrogen) atoms. The zero-order valence-electron chi connectivity index (χ0n) is 19.0. The lowest BCUT2D eigenvalue weighted by Crippen LogP contribution is -2.35. The zero-order valence-corrected chi connectivity index (χ0v) is 19.0. The molecule has 0 atom stereocenters. The van der Waals surface area contributed by atoms with E-state index in [4.69, 9.17) is 5.73 Å². The molecule has 0 radical (unpaired) electrons. The fourth-order valence-electron chi connectivity index (χ4n) is 3.00. The molecular weight excluding hydrogens is 360 g/mol. The maximum atomic E-state index is 11.8. The first-order valence-corrected chi connectivity index (χ1v) is 12.0. The molecule has 5 nitrogen and oxygen atoms in total.